The molecule has 0 radical (unpaired) electrons. The summed E-state index contributed by atoms with van der Waals surface area (Å²) in [6.45, 7) is 6.24. The normalized spacial score (nSPS) is 15.2. The molecule has 4 N–H and O–H groups in total. The van der Waals surface area contributed by atoms with Crippen LogP contribution in [0.3, 0.4) is 0 Å². The summed E-state index contributed by atoms with van der Waals surface area (Å²) in [4.78, 5) is 12.0. The number of ether oxygens (including phenoxy) is 1. The fourth-order valence-corrected chi connectivity index (χ4v) is 3.31. The smallest absolute Gasteiger partial charge is 0.263 e. The van der Waals surface area contributed by atoms with Crippen LogP contribution in [0.15, 0.2) is 66.8 Å². The number of hydroxylamine groups is 1. The Balaban J connectivity index is 2.07. The van der Waals surface area contributed by atoms with E-state index in [9.17, 15) is 14.3 Å². The van der Waals surface area contributed by atoms with Gasteiger partial charge >= 0.3 is 0 Å². The monoisotopic (exact) mass is 428 g/mol. The van der Waals surface area contributed by atoms with Crippen LogP contribution < -0.4 is 15.5 Å². The molecule has 0 fully saturated rings. The quantitative estimate of drug-likeness (QED) is 0.264. The Morgan fingerprint density at radius 1 is 1.26 bits per heavy atom. The molecule has 0 aliphatic heterocycles. The predicted molar refractivity (Wildman–Crippen MR) is 120 cm³/mol. The van der Waals surface area contributed by atoms with Gasteiger partial charge in [-0.2, -0.15) is 0 Å². The van der Waals surface area contributed by atoms with Crippen molar-refractivity contribution in [2.75, 3.05) is 13.7 Å². The number of rotatable bonds is 10. The van der Waals surface area contributed by atoms with Crippen LogP contribution in [0.25, 0.3) is 17.2 Å². The first-order valence-corrected chi connectivity index (χ1v) is 9.81. The fourth-order valence-electron chi connectivity index (χ4n) is 3.31. The third kappa shape index (κ3) is 6.01. The molecule has 2 rings (SSSR count). The Morgan fingerprint density at radius 2 is 1.90 bits per heavy atom. The van der Waals surface area contributed by atoms with Gasteiger partial charge in [0.1, 0.15) is 17.4 Å². The van der Waals surface area contributed by atoms with Crippen LogP contribution in [-0.2, 0) is 4.79 Å². The lowest BCUT2D eigenvalue weighted by molar-refractivity contribution is -0.140. The first kappa shape index (κ1) is 24.3. The van der Waals surface area contributed by atoms with Crippen molar-refractivity contribution in [2.24, 2.45) is 0 Å². The van der Waals surface area contributed by atoms with E-state index in [-0.39, 0.29) is 12.1 Å². The molecular formula is C24H29FN2O4. The highest BCUT2D eigenvalue weighted by atomic mass is 19.1. The Bertz CT molecular complexity index is 925. The predicted octanol–water partition coefficient (Wildman–Crippen LogP) is 3.50. The second-order valence-corrected chi connectivity index (χ2v) is 7.48. The van der Waals surface area contributed by atoms with Crippen molar-refractivity contribution in [3.8, 4) is 16.9 Å². The van der Waals surface area contributed by atoms with Crippen molar-refractivity contribution in [3.63, 3.8) is 0 Å². The van der Waals surface area contributed by atoms with Crippen LogP contribution in [0.4, 0.5) is 4.39 Å². The number of nitrogens with one attached hydrogen (secondary N) is 2. The van der Waals surface area contributed by atoms with Crippen LogP contribution in [0.1, 0.15) is 19.4 Å². The van der Waals surface area contributed by atoms with Gasteiger partial charge in [-0.3, -0.25) is 15.3 Å². The van der Waals surface area contributed by atoms with Gasteiger partial charge in [0.15, 0.2) is 6.17 Å². The zero-order chi connectivity index (χ0) is 23.0. The fraction of sp³-hybridized carbons (Fsp3) is 0.292. The molecule has 2 aromatic carbocycles. The molecule has 2 aromatic rings. The molecule has 0 saturated heterocycles. The van der Waals surface area contributed by atoms with E-state index in [1.54, 1.807) is 13.2 Å². The second kappa shape index (κ2) is 10.9. The number of aliphatic hydroxyl groups is 1. The van der Waals surface area contributed by atoms with Gasteiger partial charge in [-0.1, -0.05) is 61.2 Å². The van der Waals surface area contributed by atoms with E-state index in [2.05, 4.69) is 11.9 Å². The number of alkyl halides is 1. The highest BCUT2D eigenvalue weighted by Gasteiger charge is 2.44. The molecule has 0 aliphatic carbocycles. The van der Waals surface area contributed by atoms with Gasteiger partial charge in [-0.15, -0.1) is 0 Å². The summed E-state index contributed by atoms with van der Waals surface area (Å²) in [5.41, 5.74) is 2.36. The first-order valence-electron chi connectivity index (χ1n) is 9.81. The van der Waals surface area contributed by atoms with Crippen LogP contribution in [0.2, 0.25) is 0 Å². The van der Waals surface area contributed by atoms with Crippen molar-refractivity contribution in [3.05, 3.63) is 72.3 Å². The van der Waals surface area contributed by atoms with Gasteiger partial charge in [0.05, 0.1) is 7.11 Å². The summed E-state index contributed by atoms with van der Waals surface area (Å²) in [7, 11) is 1.63. The molecule has 31 heavy (non-hydrogen) atoms. The Hall–Kier alpha value is -3.00. The van der Waals surface area contributed by atoms with Crippen LogP contribution in [0.5, 0.6) is 5.75 Å². The molecule has 7 heteroatoms. The standard InChI is InChI=1S/C24H29FN2O4/c1-16(2)21(25)24(3,29)22(23(28)27-30)26-15-7-8-17-11-13-18(14-12-17)19-9-5-6-10-20(19)31-4/h5-14,21-22,26,29-30H,1,15H2,2-4H3,(H,27,28). The maximum absolute atomic E-state index is 14.4. The molecular weight excluding hydrogens is 399 g/mol. The number of carbonyl (C=O) groups excluding carboxylic acids is 1. The molecule has 6 nitrogen and oxygen atoms in total. The Kier molecular flexibility index (Phi) is 8.50. The molecule has 3 atom stereocenters. The Morgan fingerprint density at radius 3 is 2.48 bits per heavy atom. The van der Waals surface area contributed by atoms with Crippen molar-refractivity contribution < 1.29 is 24.2 Å². The summed E-state index contributed by atoms with van der Waals surface area (Å²) in [5.74, 6) is -0.153. The Labute approximate surface area is 182 Å². The minimum atomic E-state index is -2.09. The highest BCUT2D eigenvalue weighted by molar-refractivity contribution is 5.82. The lowest BCUT2D eigenvalue weighted by Gasteiger charge is -2.34. The van der Waals surface area contributed by atoms with Crippen LogP contribution >= 0.6 is 0 Å². The lowest BCUT2D eigenvalue weighted by Crippen LogP contribution is -2.61. The summed E-state index contributed by atoms with van der Waals surface area (Å²) >= 11 is 0. The number of amides is 1. The van der Waals surface area contributed by atoms with Gasteiger partial charge in [0.2, 0.25) is 0 Å². The molecule has 0 spiro atoms. The van der Waals surface area contributed by atoms with E-state index in [1.165, 1.54) is 19.3 Å². The number of methoxy groups -OCH3 is 1. The van der Waals surface area contributed by atoms with Crippen molar-refractivity contribution in [2.45, 2.75) is 31.7 Å². The van der Waals surface area contributed by atoms with Crippen LogP contribution in [0, 0.1) is 0 Å². The van der Waals surface area contributed by atoms with Gasteiger partial charge in [0, 0.05) is 12.1 Å². The molecule has 0 bridgehead atoms. The zero-order valence-corrected chi connectivity index (χ0v) is 17.9. The summed E-state index contributed by atoms with van der Waals surface area (Å²) in [5, 5.41) is 22.2. The van der Waals surface area contributed by atoms with E-state index in [1.807, 2.05) is 54.6 Å². The van der Waals surface area contributed by atoms with Crippen molar-refractivity contribution in [1.29, 1.82) is 0 Å². The van der Waals surface area contributed by atoms with E-state index >= 15 is 0 Å². The highest BCUT2D eigenvalue weighted by Crippen LogP contribution is 2.29. The molecule has 0 aliphatic rings. The van der Waals surface area contributed by atoms with Gasteiger partial charge in [-0.05, 0) is 36.6 Å². The summed E-state index contributed by atoms with van der Waals surface area (Å²) in [6, 6.07) is 14.2. The third-order valence-corrected chi connectivity index (χ3v) is 4.98. The lowest BCUT2D eigenvalue weighted by atomic mass is 9.87. The summed E-state index contributed by atoms with van der Waals surface area (Å²) < 4.78 is 19.8. The largest absolute Gasteiger partial charge is 0.496 e. The van der Waals surface area contributed by atoms with Gasteiger partial charge in [-0.25, -0.2) is 9.87 Å². The second-order valence-electron chi connectivity index (χ2n) is 7.48. The van der Waals surface area contributed by atoms with Gasteiger partial charge < -0.3 is 9.84 Å². The molecule has 0 aromatic heterocycles. The number of carbonyl (C=O) groups is 1. The molecule has 0 saturated carbocycles. The molecule has 0 heterocycles. The van der Waals surface area contributed by atoms with E-state index in [0.717, 1.165) is 22.4 Å². The number of benzene rings is 2. The SMILES string of the molecule is C=C(C)C(F)C(C)(O)C(NCC=Cc1ccc(-c2ccccc2OC)cc1)C(=O)NO. The minimum Gasteiger partial charge on any atom is -0.496 e. The van der Waals surface area contributed by atoms with Crippen molar-refractivity contribution in [1.82, 2.24) is 10.8 Å². The van der Waals surface area contributed by atoms with E-state index in [4.69, 9.17) is 9.94 Å². The number of halogens is 1. The van der Waals surface area contributed by atoms with E-state index in [0.29, 0.717) is 0 Å². The maximum atomic E-state index is 14.4. The maximum Gasteiger partial charge on any atom is 0.263 e. The number of para-hydroxylation sites is 1. The first-order chi connectivity index (χ1) is 14.7. The van der Waals surface area contributed by atoms with E-state index < -0.39 is 23.7 Å². The van der Waals surface area contributed by atoms with Crippen LogP contribution in [-0.4, -0.2) is 47.7 Å². The average molecular weight is 429 g/mol. The molecule has 3 unspecified atom stereocenters. The topological polar surface area (TPSA) is 90.8 Å². The molecule has 1 amide bonds. The minimum absolute atomic E-state index is 0.0771. The van der Waals surface area contributed by atoms with Gasteiger partial charge in [0.25, 0.3) is 5.91 Å². The number of hydrogen-bond donors (Lipinski definition) is 4. The summed E-state index contributed by atoms with van der Waals surface area (Å²) in [6.07, 6.45) is 1.71. The zero-order valence-electron chi connectivity index (χ0n) is 17.9. The third-order valence-electron chi connectivity index (χ3n) is 4.98. The van der Waals surface area contributed by atoms with Crippen molar-refractivity contribution >= 4 is 12.0 Å². The molecule has 166 valence electrons. The number of hydrogen-bond acceptors (Lipinski definition) is 5. The average Bonchev–Trinajstić information content (AvgIpc) is 2.78.